The van der Waals surface area contributed by atoms with Gasteiger partial charge in [0.1, 0.15) is 16.8 Å². The van der Waals surface area contributed by atoms with Crippen LogP contribution in [0.2, 0.25) is 5.02 Å². The van der Waals surface area contributed by atoms with E-state index >= 15 is 0 Å². The number of nitro groups is 1. The molecular weight excluding hydrogens is 424 g/mol. The van der Waals surface area contributed by atoms with Gasteiger partial charge in [0.05, 0.1) is 11.1 Å². The van der Waals surface area contributed by atoms with Gasteiger partial charge in [-0.15, -0.1) is 0 Å². The number of carbonyl (C=O) groups is 2. The van der Waals surface area contributed by atoms with Crippen molar-refractivity contribution in [1.82, 2.24) is 10.7 Å². The van der Waals surface area contributed by atoms with Gasteiger partial charge in [0, 0.05) is 11.6 Å². The van der Waals surface area contributed by atoms with Crippen LogP contribution in [-0.4, -0.2) is 35.6 Å². The summed E-state index contributed by atoms with van der Waals surface area (Å²) in [6.45, 7) is 5.18. The summed E-state index contributed by atoms with van der Waals surface area (Å²) in [5, 5.41) is 17.4. The molecule has 10 heteroatoms. The number of amides is 2. The molecule has 2 amide bonds. The van der Waals surface area contributed by atoms with Gasteiger partial charge in [-0.2, -0.15) is 5.10 Å². The number of hydrogen-bond donors (Lipinski definition) is 2. The van der Waals surface area contributed by atoms with E-state index in [9.17, 15) is 19.7 Å². The Bertz CT molecular complexity index is 993. The molecule has 0 spiro atoms. The topological polar surface area (TPSA) is 123 Å². The van der Waals surface area contributed by atoms with Gasteiger partial charge in [-0.3, -0.25) is 19.7 Å². The number of rotatable bonds is 9. The number of ether oxygens (including phenoxy) is 1. The second-order valence-corrected chi connectivity index (χ2v) is 7.45. The lowest BCUT2D eigenvalue weighted by atomic mass is 10.0. The molecule has 0 heterocycles. The van der Waals surface area contributed by atoms with E-state index in [1.807, 2.05) is 19.1 Å². The third-order valence-electron chi connectivity index (χ3n) is 4.27. The SMILES string of the molecule is Cc1ccccc1OCC(=O)NC(C(=O)NN=Cc1ccc(Cl)c([N+](=O)[O-])c1)C(C)C. The number of nitrogens with one attached hydrogen (secondary N) is 2. The monoisotopic (exact) mass is 446 g/mol. The lowest BCUT2D eigenvalue weighted by Gasteiger charge is -2.20. The fourth-order valence-corrected chi connectivity index (χ4v) is 2.79. The largest absolute Gasteiger partial charge is 0.484 e. The van der Waals surface area contributed by atoms with Crippen molar-refractivity contribution >= 4 is 35.3 Å². The molecule has 1 atom stereocenters. The Hall–Kier alpha value is -3.46. The Morgan fingerprint density at radius 3 is 2.61 bits per heavy atom. The van der Waals surface area contributed by atoms with Crippen LogP contribution in [0.3, 0.4) is 0 Å². The van der Waals surface area contributed by atoms with Crippen molar-refractivity contribution in [2.24, 2.45) is 11.0 Å². The van der Waals surface area contributed by atoms with E-state index in [2.05, 4.69) is 15.8 Å². The van der Waals surface area contributed by atoms with Gasteiger partial charge in [-0.1, -0.05) is 49.7 Å². The lowest BCUT2D eigenvalue weighted by molar-refractivity contribution is -0.384. The highest BCUT2D eigenvalue weighted by molar-refractivity contribution is 6.32. The fraction of sp³-hybridized carbons (Fsp3) is 0.286. The van der Waals surface area contributed by atoms with Crippen LogP contribution in [0.5, 0.6) is 5.75 Å². The summed E-state index contributed by atoms with van der Waals surface area (Å²) >= 11 is 5.77. The summed E-state index contributed by atoms with van der Waals surface area (Å²) in [6, 6.07) is 10.6. The normalized spacial score (nSPS) is 11.9. The molecule has 1 unspecified atom stereocenters. The summed E-state index contributed by atoms with van der Waals surface area (Å²) in [5.41, 5.74) is 3.35. The maximum absolute atomic E-state index is 12.5. The van der Waals surface area contributed by atoms with Crippen molar-refractivity contribution in [2.75, 3.05) is 6.61 Å². The number of hydrazone groups is 1. The summed E-state index contributed by atoms with van der Waals surface area (Å²) < 4.78 is 5.50. The van der Waals surface area contributed by atoms with Crippen LogP contribution in [0.1, 0.15) is 25.0 Å². The van der Waals surface area contributed by atoms with Gasteiger partial charge < -0.3 is 10.1 Å². The molecule has 31 heavy (non-hydrogen) atoms. The standard InChI is InChI=1S/C21H23ClN4O5/c1-13(2)20(24-19(27)12-31-18-7-5-4-6-14(18)3)21(28)25-23-11-15-8-9-16(22)17(10-15)26(29)30/h4-11,13,20H,12H2,1-3H3,(H,24,27)(H,25,28). The second kappa shape index (κ2) is 11.1. The Balaban J connectivity index is 1.95. The van der Waals surface area contributed by atoms with E-state index in [4.69, 9.17) is 16.3 Å². The maximum atomic E-state index is 12.5. The molecule has 0 fully saturated rings. The van der Waals surface area contributed by atoms with Crippen LogP contribution in [0.4, 0.5) is 5.69 Å². The highest BCUT2D eigenvalue weighted by Crippen LogP contribution is 2.24. The smallest absolute Gasteiger partial charge is 0.288 e. The zero-order chi connectivity index (χ0) is 23.0. The van der Waals surface area contributed by atoms with Crippen molar-refractivity contribution in [3.63, 3.8) is 0 Å². The first-order valence-corrected chi connectivity index (χ1v) is 9.81. The fourth-order valence-electron chi connectivity index (χ4n) is 2.60. The molecule has 0 aliphatic carbocycles. The summed E-state index contributed by atoms with van der Waals surface area (Å²) in [7, 11) is 0. The van der Waals surface area contributed by atoms with Crippen LogP contribution in [0.25, 0.3) is 0 Å². The minimum atomic E-state index is -0.843. The lowest BCUT2D eigenvalue weighted by Crippen LogP contribution is -2.49. The maximum Gasteiger partial charge on any atom is 0.288 e. The Kier molecular flexibility index (Phi) is 8.51. The molecule has 0 radical (unpaired) electrons. The number of aryl methyl sites for hydroxylation is 1. The van der Waals surface area contributed by atoms with Gasteiger partial charge in [-0.25, -0.2) is 5.43 Å². The first-order valence-electron chi connectivity index (χ1n) is 9.43. The molecule has 2 N–H and O–H groups in total. The molecule has 164 valence electrons. The molecule has 2 rings (SSSR count). The third-order valence-corrected chi connectivity index (χ3v) is 4.59. The number of hydrogen-bond acceptors (Lipinski definition) is 6. The molecule has 0 saturated carbocycles. The minimum absolute atomic E-state index is 0.00156. The Morgan fingerprint density at radius 2 is 1.97 bits per heavy atom. The average Bonchev–Trinajstić information content (AvgIpc) is 2.72. The van der Waals surface area contributed by atoms with E-state index in [0.29, 0.717) is 11.3 Å². The van der Waals surface area contributed by atoms with E-state index in [1.54, 1.807) is 26.0 Å². The van der Waals surface area contributed by atoms with Crippen molar-refractivity contribution < 1.29 is 19.2 Å². The summed E-state index contributed by atoms with van der Waals surface area (Å²) in [4.78, 5) is 35.0. The first kappa shape index (κ1) is 23.8. The Morgan fingerprint density at radius 1 is 1.26 bits per heavy atom. The average molecular weight is 447 g/mol. The molecule has 0 aliphatic rings. The molecular formula is C21H23ClN4O5. The quantitative estimate of drug-likeness (QED) is 0.347. The zero-order valence-electron chi connectivity index (χ0n) is 17.3. The van der Waals surface area contributed by atoms with Crippen molar-refractivity contribution in [3.05, 3.63) is 68.7 Å². The number of carbonyl (C=O) groups excluding carboxylic acids is 2. The molecule has 0 aliphatic heterocycles. The highest BCUT2D eigenvalue weighted by Gasteiger charge is 2.24. The predicted molar refractivity (Wildman–Crippen MR) is 117 cm³/mol. The van der Waals surface area contributed by atoms with Gasteiger partial charge in [0.2, 0.25) is 0 Å². The van der Waals surface area contributed by atoms with Crippen LogP contribution < -0.4 is 15.5 Å². The molecule has 0 bridgehead atoms. The van der Waals surface area contributed by atoms with Gasteiger partial charge in [0.25, 0.3) is 17.5 Å². The van der Waals surface area contributed by atoms with Gasteiger partial charge in [-0.05, 0) is 30.5 Å². The van der Waals surface area contributed by atoms with Crippen LogP contribution in [0.15, 0.2) is 47.6 Å². The number of nitro benzene ring substituents is 1. The Labute approximate surface area is 184 Å². The van der Waals surface area contributed by atoms with Gasteiger partial charge >= 0.3 is 0 Å². The van der Waals surface area contributed by atoms with Crippen molar-refractivity contribution in [1.29, 1.82) is 0 Å². The number of nitrogens with zero attached hydrogens (tertiary/aromatic N) is 2. The minimum Gasteiger partial charge on any atom is -0.484 e. The molecule has 2 aromatic rings. The van der Waals surface area contributed by atoms with Crippen LogP contribution in [-0.2, 0) is 9.59 Å². The van der Waals surface area contributed by atoms with E-state index in [1.165, 1.54) is 24.4 Å². The van der Waals surface area contributed by atoms with E-state index in [-0.39, 0.29) is 23.2 Å². The summed E-state index contributed by atoms with van der Waals surface area (Å²) in [5.74, 6) is -0.604. The number of halogens is 1. The number of benzene rings is 2. The van der Waals surface area contributed by atoms with Crippen LogP contribution >= 0.6 is 11.6 Å². The van der Waals surface area contributed by atoms with Crippen LogP contribution in [0, 0.1) is 23.0 Å². The van der Waals surface area contributed by atoms with Crippen molar-refractivity contribution in [3.8, 4) is 5.75 Å². The molecule has 0 aromatic heterocycles. The second-order valence-electron chi connectivity index (χ2n) is 7.05. The molecule has 9 nitrogen and oxygen atoms in total. The van der Waals surface area contributed by atoms with Gasteiger partial charge in [0.15, 0.2) is 6.61 Å². The highest BCUT2D eigenvalue weighted by atomic mass is 35.5. The third kappa shape index (κ3) is 7.07. The molecule has 2 aromatic carbocycles. The number of para-hydroxylation sites is 1. The van der Waals surface area contributed by atoms with E-state index < -0.39 is 22.8 Å². The zero-order valence-corrected chi connectivity index (χ0v) is 18.1. The van der Waals surface area contributed by atoms with E-state index in [0.717, 1.165) is 5.56 Å². The first-order chi connectivity index (χ1) is 14.7. The van der Waals surface area contributed by atoms with Crippen molar-refractivity contribution in [2.45, 2.75) is 26.8 Å². The predicted octanol–water partition coefficient (Wildman–Crippen LogP) is 3.23. The molecule has 0 saturated heterocycles. The summed E-state index contributed by atoms with van der Waals surface area (Å²) in [6.07, 6.45) is 1.25.